The molecule has 0 fully saturated rings. The smallest absolute Gasteiger partial charge is 0.164 e. The second-order valence-electron chi connectivity index (χ2n) is 4.20. The van der Waals surface area contributed by atoms with Gasteiger partial charge < -0.3 is 5.32 Å². The van der Waals surface area contributed by atoms with Gasteiger partial charge in [0.1, 0.15) is 0 Å². The number of aromatic nitrogens is 1. The normalized spacial score (nSPS) is 15.1. The molecule has 94 valence electrons. The standard InChI is InChI=1S/C15H12N2OS/c18-12(9-11-5-3-4-8-16-11)10-15-17-13-6-1-2-7-14(13)19-15/h1-8,10,17H,9H2/b15-10+. The van der Waals surface area contributed by atoms with E-state index in [9.17, 15) is 4.79 Å². The lowest BCUT2D eigenvalue weighted by Gasteiger charge is -1.99. The second kappa shape index (κ2) is 5.28. The molecule has 0 amide bonds. The summed E-state index contributed by atoms with van der Waals surface area (Å²) in [4.78, 5) is 17.3. The summed E-state index contributed by atoms with van der Waals surface area (Å²) >= 11 is 1.58. The number of rotatable bonds is 3. The Balaban J connectivity index is 1.69. The predicted octanol–water partition coefficient (Wildman–Crippen LogP) is 3.25. The number of para-hydroxylation sites is 1. The van der Waals surface area contributed by atoms with E-state index in [4.69, 9.17) is 0 Å². The number of carbonyl (C=O) groups excluding carboxylic acids is 1. The molecular weight excluding hydrogens is 256 g/mol. The lowest BCUT2D eigenvalue weighted by atomic mass is 10.2. The van der Waals surface area contributed by atoms with Crippen molar-refractivity contribution in [1.29, 1.82) is 0 Å². The van der Waals surface area contributed by atoms with E-state index in [1.54, 1.807) is 24.0 Å². The highest BCUT2D eigenvalue weighted by molar-refractivity contribution is 8.03. The molecule has 0 radical (unpaired) electrons. The summed E-state index contributed by atoms with van der Waals surface area (Å²) in [6.45, 7) is 0. The number of hydrogen-bond acceptors (Lipinski definition) is 4. The van der Waals surface area contributed by atoms with Crippen molar-refractivity contribution in [3.8, 4) is 0 Å². The first-order valence-electron chi connectivity index (χ1n) is 5.99. The van der Waals surface area contributed by atoms with Gasteiger partial charge in [0.05, 0.1) is 17.1 Å². The number of allylic oxidation sites excluding steroid dienone is 1. The Hall–Kier alpha value is -2.07. The molecule has 0 unspecified atom stereocenters. The number of anilines is 1. The monoisotopic (exact) mass is 268 g/mol. The van der Waals surface area contributed by atoms with E-state index in [1.165, 1.54) is 0 Å². The molecule has 0 aliphatic carbocycles. The van der Waals surface area contributed by atoms with Gasteiger partial charge in [0, 0.05) is 22.9 Å². The van der Waals surface area contributed by atoms with Crippen LogP contribution in [0.5, 0.6) is 0 Å². The lowest BCUT2D eigenvalue weighted by Crippen LogP contribution is -2.02. The summed E-state index contributed by atoms with van der Waals surface area (Å²) in [6, 6.07) is 13.6. The summed E-state index contributed by atoms with van der Waals surface area (Å²) in [5.74, 6) is 0.0570. The van der Waals surface area contributed by atoms with Crippen LogP contribution in [0.4, 0.5) is 5.69 Å². The predicted molar refractivity (Wildman–Crippen MR) is 77.0 cm³/mol. The van der Waals surface area contributed by atoms with Crippen molar-refractivity contribution in [2.75, 3.05) is 5.32 Å². The van der Waals surface area contributed by atoms with Gasteiger partial charge in [0.2, 0.25) is 0 Å². The summed E-state index contributed by atoms with van der Waals surface area (Å²) in [7, 11) is 0. The van der Waals surface area contributed by atoms with Gasteiger partial charge in [-0.1, -0.05) is 30.0 Å². The zero-order valence-electron chi connectivity index (χ0n) is 10.2. The molecule has 4 heteroatoms. The van der Waals surface area contributed by atoms with Gasteiger partial charge in [-0.2, -0.15) is 0 Å². The van der Waals surface area contributed by atoms with Gasteiger partial charge in [0.25, 0.3) is 0 Å². The maximum Gasteiger partial charge on any atom is 0.164 e. The Bertz CT molecular complexity index is 611. The van der Waals surface area contributed by atoms with Crippen LogP contribution < -0.4 is 5.32 Å². The Morgan fingerprint density at radius 1 is 1.21 bits per heavy atom. The maximum absolute atomic E-state index is 11.9. The minimum absolute atomic E-state index is 0.0570. The van der Waals surface area contributed by atoms with Gasteiger partial charge in [-0.15, -0.1) is 0 Å². The van der Waals surface area contributed by atoms with Crippen LogP contribution in [-0.2, 0) is 11.2 Å². The first kappa shape index (κ1) is 12.0. The van der Waals surface area contributed by atoms with Crippen molar-refractivity contribution in [2.24, 2.45) is 0 Å². The van der Waals surface area contributed by atoms with Crippen LogP contribution in [0, 0.1) is 0 Å². The lowest BCUT2D eigenvalue weighted by molar-refractivity contribution is -0.114. The van der Waals surface area contributed by atoms with Crippen molar-refractivity contribution >= 4 is 23.2 Å². The number of carbonyl (C=O) groups is 1. The van der Waals surface area contributed by atoms with Crippen molar-refractivity contribution in [3.05, 3.63) is 65.5 Å². The molecule has 3 nitrogen and oxygen atoms in total. The number of nitrogens with one attached hydrogen (secondary N) is 1. The fourth-order valence-corrected chi connectivity index (χ4v) is 2.84. The van der Waals surface area contributed by atoms with E-state index in [1.807, 2.05) is 42.5 Å². The molecule has 0 atom stereocenters. The Labute approximate surface area is 115 Å². The number of fused-ring (bicyclic) bond motifs is 1. The highest BCUT2D eigenvalue weighted by Crippen LogP contribution is 2.40. The second-order valence-corrected chi connectivity index (χ2v) is 5.28. The summed E-state index contributed by atoms with van der Waals surface area (Å²) in [5.41, 5.74) is 1.86. The van der Waals surface area contributed by atoms with E-state index in [0.29, 0.717) is 6.42 Å². The fraction of sp³-hybridized carbons (Fsp3) is 0.0667. The third kappa shape index (κ3) is 2.85. The van der Waals surface area contributed by atoms with E-state index >= 15 is 0 Å². The van der Waals surface area contributed by atoms with Gasteiger partial charge in [0.15, 0.2) is 5.78 Å². The number of thioether (sulfide) groups is 1. The van der Waals surface area contributed by atoms with E-state index in [-0.39, 0.29) is 5.78 Å². The zero-order chi connectivity index (χ0) is 13.1. The molecule has 1 aromatic heterocycles. The number of benzene rings is 1. The van der Waals surface area contributed by atoms with Gasteiger partial charge >= 0.3 is 0 Å². The minimum Gasteiger partial charge on any atom is -0.349 e. The van der Waals surface area contributed by atoms with Crippen LogP contribution in [0.15, 0.2) is 64.7 Å². The van der Waals surface area contributed by atoms with Gasteiger partial charge in [-0.05, 0) is 24.3 Å². The molecule has 1 aliphatic heterocycles. The largest absolute Gasteiger partial charge is 0.349 e. The Morgan fingerprint density at radius 3 is 2.84 bits per heavy atom. The van der Waals surface area contributed by atoms with Crippen LogP contribution >= 0.6 is 11.8 Å². The molecule has 0 saturated heterocycles. The van der Waals surface area contributed by atoms with Crippen molar-refractivity contribution in [2.45, 2.75) is 11.3 Å². The van der Waals surface area contributed by atoms with Crippen LogP contribution in [0.2, 0.25) is 0 Å². The topological polar surface area (TPSA) is 42.0 Å². The van der Waals surface area contributed by atoms with Crippen LogP contribution in [0.25, 0.3) is 0 Å². The van der Waals surface area contributed by atoms with Crippen LogP contribution in [-0.4, -0.2) is 10.8 Å². The van der Waals surface area contributed by atoms with Gasteiger partial charge in [-0.3, -0.25) is 9.78 Å². The summed E-state index contributed by atoms with van der Waals surface area (Å²) < 4.78 is 0. The third-order valence-corrected chi connectivity index (χ3v) is 3.75. The maximum atomic E-state index is 11.9. The Morgan fingerprint density at radius 2 is 2.05 bits per heavy atom. The van der Waals surface area contributed by atoms with Crippen LogP contribution in [0.1, 0.15) is 5.69 Å². The molecular formula is C15H12N2OS. The van der Waals surface area contributed by atoms with Crippen molar-refractivity contribution in [3.63, 3.8) is 0 Å². The summed E-state index contributed by atoms with van der Waals surface area (Å²) in [6.07, 6.45) is 3.69. The quantitative estimate of drug-likeness (QED) is 0.868. The SMILES string of the molecule is O=C(/C=C1\Nc2ccccc2S1)Cc1ccccn1. The average molecular weight is 268 g/mol. The fourth-order valence-electron chi connectivity index (χ4n) is 1.88. The molecule has 0 saturated carbocycles. The number of ketones is 1. The molecule has 3 rings (SSSR count). The minimum atomic E-state index is 0.0570. The molecule has 1 aromatic carbocycles. The first-order chi connectivity index (χ1) is 9.31. The molecule has 1 N–H and O–H groups in total. The molecule has 2 aromatic rings. The summed E-state index contributed by atoms with van der Waals surface area (Å²) in [5, 5.41) is 4.11. The van der Waals surface area contributed by atoms with E-state index in [2.05, 4.69) is 10.3 Å². The molecule has 0 bridgehead atoms. The number of pyridine rings is 1. The number of nitrogens with zero attached hydrogens (tertiary/aromatic N) is 1. The first-order valence-corrected chi connectivity index (χ1v) is 6.81. The molecule has 2 heterocycles. The van der Waals surface area contributed by atoms with Gasteiger partial charge in [-0.25, -0.2) is 0 Å². The van der Waals surface area contributed by atoms with E-state index in [0.717, 1.165) is 21.3 Å². The molecule has 19 heavy (non-hydrogen) atoms. The van der Waals surface area contributed by atoms with E-state index < -0.39 is 0 Å². The van der Waals surface area contributed by atoms with Crippen LogP contribution in [0.3, 0.4) is 0 Å². The highest BCUT2D eigenvalue weighted by Gasteiger charge is 2.15. The zero-order valence-corrected chi connectivity index (χ0v) is 11.0. The number of hydrogen-bond donors (Lipinski definition) is 1. The van der Waals surface area contributed by atoms with Crippen molar-refractivity contribution in [1.82, 2.24) is 4.98 Å². The molecule has 1 aliphatic rings. The van der Waals surface area contributed by atoms with Crippen molar-refractivity contribution < 1.29 is 4.79 Å². The third-order valence-electron chi connectivity index (χ3n) is 2.74. The average Bonchev–Trinajstić information content (AvgIpc) is 2.81. The molecule has 0 spiro atoms. The Kier molecular flexibility index (Phi) is 3.33. The highest BCUT2D eigenvalue weighted by atomic mass is 32.2.